The molecule has 0 bridgehead atoms. The van der Waals surface area contributed by atoms with Crippen molar-refractivity contribution >= 4 is 5.91 Å². The predicted molar refractivity (Wildman–Crippen MR) is 355 cm³/mol. The SMILES string of the molecule is CC/C=C\C/C=C\C/C=C\C/C=C\C/C=C\CCCCCCCCCCCCCCCC(=O)NC(COC1OC(CO)C(OC2OC(CO)C(OC3OC(CO)C(O)C(O)C3O)C(O)C2O)C(O)C1O)C(O)/C=C/CCCCCCCCCCCCCCCCC. The number of hydrogen-bond acceptors (Lipinski definition) is 18. The Hall–Kier alpha value is -2.77. The first kappa shape index (κ1) is 82.5. The van der Waals surface area contributed by atoms with Crippen LogP contribution in [0.3, 0.4) is 0 Å². The summed E-state index contributed by atoms with van der Waals surface area (Å²) in [5, 5.41) is 121. The van der Waals surface area contributed by atoms with Crippen LogP contribution in [0.15, 0.2) is 72.9 Å². The summed E-state index contributed by atoms with van der Waals surface area (Å²) in [5.41, 5.74) is 0. The number of aliphatic hydroxyl groups excluding tert-OH is 11. The highest BCUT2D eigenvalue weighted by molar-refractivity contribution is 5.76. The van der Waals surface area contributed by atoms with Gasteiger partial charge in [0.25, 0.3) is 0 Å². The summed E-state index contributed by atoms with van der Waals surface area (Å²) in [6.07, 6.45) is 40.1. The molecule has 3 saturated heterocycles. The van der Waals surface area contributed by atoms with Crippen LogP contribution in [0.2, 0.25) is 0 Å². The minimum atomic E-state index is -1.98. The Morgan fingerprint density at radius 1 is 0.407 bits per heavy atom. The molecule has 0 aromatic carbocycles. The first-order valence-electron chi connectivity index (χ1n) is 35.7. The van der Waals surface area contributed by atoms with Crippen molar-refractivity contribution in [2.75, 3.05) is 26.4 Å². The maximum Gasteiger partial charge on any atom is 0.220 e. The molecule has 3 aliphatic heterocycles. The van der Waals surface area contributed by atoms with Gasteiger partial charge in [-0.3, -0.25) is 4.79 Å². The highest BCUT2D eigenvalue weighted by Gasteiger charge is 2.53. The number of allylic oxidation sites excluding steroid dienone is 11. The van der Waals surface area contributed by atoms with Crippen molar-refractivity contribution in [2.24, 2.45) is 0 Å². The fraction of sp³-hybridized carbons (Fsp3) is 0.819. The molecule has 0 aliphatic carbocycles. The Bertz CT molecular complexity index is 1930. The smallest absolute Gasteiger partial charge is 0.220 e. The molecule has 3 fully saturated rings. The number of ether oxygens (including phenoxy) is 6. The number of hydrogen-bond donors (Lipinski definition) is 12. The monoisotopic (exact) mass is 1290 g/mol. The standard InChI is InChI=1S/C72H127NO18/c1-3-5-7-9-11-13-15-17-19-21-22-23-24-25-26-27-28-29-30-31-32-34-36-38-40-42-44-46-48-50-60(78)73-55(56(77)49-47-45-43-41-39-37-35-33-20-18-16-14-12-10-8-6-4-2)54-86-70-66(84)63(81)68(58(52-75)88-70)91-72-67(85)64(82)69(59(53-76)89-72)90-71-65(83)62(80)61(79)57(51-74)87-71/h5,7,11,13,17,19,22-23,25-26,47,49,55-59,61-72,74-77,79-85H,3-4,6,8-10,12,14-16,18,20-21,24,27-46,48,50-54H2,1-2H3,(H,73,78)/b7-5-,13-11-,19-17-,23-22-,26-25-,49-47+. The lowest BCUT2D eigenvalue weighted by atomic mass is 9.96. The van der Waals surface area contributed by atoms with Crippen LogP contribution in [0.1, 0.15) is 245 Å². The summed E-state index contributed by atoms with van der Waals surface area (Å²) in [4.78, 5) is 13.4. The highest BCUT2D eigenvalue weighted by Crippen LogP contribution is 2.33. The van der Waals surface area contributed by atoms with E-state index in [1.54, 1.807) is 6.08 Å². The molecule has 3 aliphatic rings. The molecular weight excluding hydrogens is 1170 g/mol. The molecule has 17 atom stereocenters. The third-order valence-corrected chi connectivity index (χ3v) is 17.5. The van der Waals surface area contributed by atoms with Gasteiger partial charge in [-0.05, 0) is 64.2 Å². The lowest BCUT2D eigenvalue weighted by Crippen LogP contribution is -2.66. The highest BCUT2D eigenvalue weighted by atomic mass is 16.8. The number of carbonyl (C=O) groups is 1. The van der Waals surface area contributed by atoms with Crippen LogP contribution in [0.5, 0.6) is 0 Å². The van der Waals surface area contributed by atoms with Gasteiger partial charge >= 0.3 is 0 Å². The van der Waals surface area contributed by atoms with Crippen LogP contribution in [0.25, 0.3) is 0 Å². The molecule has 0 spiro atoms. The zero-order chi connectivity index (χ0) is 66.1. The molecule has 0 aromatic heterocycles. The van der Waals surface area contributed by atoms with Crippen molar-refractivity contribution in [2.45, 2.75) is 349 Å². The van der Waals surface area contributed by atoms with E-state index in [9.17, 15) is 61.0 Å². The van der Waals surface area contributed by atoms with Crippen LogP contribution in [0.4, 0.5) is 0 Å². The van der Waals surface area contributed by atoms with Crippen molar-refractivity contribution in [3.05, 3.63) is 72.9 Å². The molecule has 19 heteroatoms. The number of rotatable bonds is 54. The van der Waals surface area contributed by atoms with E-state index >= 15 is 0 Å². The molecule has 12 N–H and O–H groups in total. The average molecular weight is 1290 g/mol. The van der Waals surface area contributed by atoms with Gasteiger partial charge in [0.2, 0.25) is 5.91 Å². The summed E-state index contributed by atoms with van der Waals surface area (Å²) in [5.74, 6) is -0.278. The molecule has 3 rings (SSSR count). The maximum absolute atomic E-state index is 13.4. The van der Waals surface area contributed by atoms with Gasteiger partial charge in [-0.2, -0.15) is 0 Å². The van der Waals surface area contributed by atoms with Crippen LogP contribution in [0, 0.1) is 0 Å². The Morgan fingerprint density at radius 3 is 1.19 bits per heavy atom. The van der Waals surface area contributed by atoms with E-state index in [-0.39, 0.29) is 18.9 Å². The zero-order valence-electron chi connectivity index (χ0n) is 55.8. The number of aliphatic hydroxyl groups is 11. The second kappa shape index (κ2) is 53.4. The maximum atomic E-state index is 13.4. The third-order valence-electron chi connectivity index (χ3n) is 17.5. The Labute approximate surface area is 547 Å². The number of carbonyl (C=O) groups excluding carboxylic acids is 1. The van der Waals surface area contributed by atoms with E-state index in [2.05, 4.69) is 79.9 Å². The second-order valence-electron chi connectivity index (χ2n) is 25.3. The molecule has 3 heterocycles. The van der Waals surface area contributed by atoms with Crippen LogP contribution < -0.4 is 5.32 Å². The molecule has 0 radical (unpaired) electrons. The van der Waals surface area contributed by atoms with E-state index in [0.29, 0.717) is 6.42 Å². The summed E-state index contributed by atoms with van der Waals surface area (Å²) in [6, 6.07) is -0.977. The number of unbranched alkanes of at least 4 members (excludes halogenated alkanes) is 28. The molecule has 528 valence electrons. The lowest BCUT2D eigenvalue weighted by Gasteiger charge is -2.48. The Kier molecular flexibility index (Phi) is 48.4. The van der Waals surface area contributed by atoms with Crippen molar-refractivity contribution in [3.8, 4) is 0 Å². The minimum Gasteiger partial charge on any atom is -0.394 e. The van der Waals surface area contributed by atoms with Gasteiger partial charge in [-0.25, -0.2) is 0 Å². The molecule has 19 nitrogen and oxygen atoms in total. The second-order valence-corrected chi connectivity index (χ2v) is 25.3. The summed E-state index contributed by atoms with van der Waals surface area (Å²) < 4.78 is 34.4. The average Bonchev–Trinajstić information content (AvgIpc) is 0.884. The van der Waals surface area contributed by atoms with E-state index in [1.165, 1.54) is 135 Å². The largest absolute Gasteiger partial charge is 0.394 e. The Morgan fingerprint density at radius 2 is 0.758 bits per heavy atom. The molecule has 0 saturated carbocycles. The topological polar surface area (TPSA) is 307 Å². The quantitative estimate of drug-likeness (QED) is 0.0199. The summed E-state index contributed by atoms with van der Waals surface area (Å²) in [7, 11) is 0. The van der Waals surface area contributed by atoms with E-state index in [4.69, 9.17) is 28.4 Å². The molecule has 91 heavy (non-hydrogen) atoms. The first-order chi connectivity index (χ1) is 44.3. The Balaban J connectivity index is 1.41. The zero-order valence-corrected chi connectivity index (χ0v) is 55.8. The van der Waals surface area contributed by atoms with Gasteiger partial charge in [-0.1, -0.05) is 247 Å². The summed E-state index contributed by atoms with van der Waals surface area (Å²) in [6.45, 7) is 1.63. The van der Waals surface area contributed by atoms with E-state index < -0.39 is 124 Å². The van der Waals surface area contributed by atoms with Crippen molar-refractivity contribution in [1.82, 2.24) is 5.32 Å². The lowest BCUT2D eigenvalue weighted by molar-refractivity contribution is -0.379. The molecule has 1 amide bonds. The van der Waals surface area contributed by atoms with Crippen molar-refractivity contribution in [3.63, 3.8) is 0 Å². The first-order valence-corrected chi connectivity index (χ1v) is 35.7. The van der Waals surface area contributed by atoms with Crippen molar-refractivity contribution in [1.29, 1.82) is 0 Å². The van der Waals surface area contributed by atoms with Gasteiger partial charge < -0.3 is 89.9 Å². The predicted octanol–water partition coefficient (Wildman–Crippen LogP) is 9.72. The number of nitrogens with one attached hydrogen (secondary N) is 1. The van der Waals surface area contributed by atoms with E-state index in [1.807, 2.05) is 6.08 Å². The molecular formula is C72H127NO18. The fourth-order valence-corrected chi connectivity index (χ4v) is 11.7. The van der Waals surface area contributed by atoms with Gasteiger partial charge in [0, 0.05) is 6.42 Å². The summed E-state index contributed by atoms with van der Waals surface area (Å²) >= 11 is 0. The normalized spacial score (nSPS) is 28.3. The third kappa shape index (κ3) is 35.2. The van der Waals surface area contributed by atoms with Crippen LogP contribution >= 0.6 is 0 Å². The van der Waals surface area contributed by atoms with Crippen molar-refractivity contribution < 1.29 is 89.4 Å². The van der Waals surface area contributed by atoms with Gasteiger partial charge in [-0.15, -0.1) is 0 Å². The minimum absolute atomic E-state index is 0.239. The number of amides is 1. The van der Waals surface area contributed by atoms with Gasteiger partial charge in [0.15, 0.2) is 18.9 Å². The van der Waals surface area contributed by atoms with Crippen LogP contribution in [-0.2, 0) is 33.2 Å². The van der Waals surface area contributed by atoms with E-state index in [0.717, 1.165) is 83.5 Å². The fourth-order valence-electron chi connectivity index (χ4n) is 11.7. The molecule has 0 aromatic rings. The van der Waals surface area contributed by atoms with Gasteiger partial charge in [0.1, 0.15) is 73.2 Å². The van der Waals surface area contributed by atoms with Crippen LogP contribution in [-0.4, -0.2) is 193 Å². The molecule has 17 unspecified atom stereocenters. The van der Waals surface area contributed by atoms with Gasteiger partial charge in [0.05, 0.1) is 38.6 Å².